The van der Waals surface area contributed by atoms with Gasteiger partial charge in [-0.1, -0.05) is 36.4 Å². The Morgan fingerprint density at radius 2 is 1.82 bits per heavy atom. The van der Waals surface area contributed by atoms with Gasteiger partial charge in [-0.2, -0.15) is 0 Å². The molecule has 1 fully saturated rings. The lowest BCUT2D eigenvalue weighted by Gasteiger charge is -2.33. The van der Waals surface area contributed by atoms with Crippen LogP contribution in [-0.4, -0.2) is 46.1 Å². The molecule has 1 aliphatic carbocycles. The highest BCUT2D eigenvalue weighted by atomic mass is 32.2. The van der Waals surface area contributed by atoms with E-state index in [2.05, 4.69) is 21.8 Å². The smallest absolute Gasteiger partial charge is 0.240 e. The number of aryl methyl sites for hydroxylation is 2. The summed E-state index contributed by atoms with van der Waals surface area (Å²) in [5, 5.41) is 0. The predicted octanol–water partition coefficient (Wildman–Crippen LogP) is 2.92. The van der Waals surface area contributed by atoms with Gasteiger partial charge in [0, 0.05) is 26.2 Å². The first kappa shape index (κ1) is 19.6. The number of morpholine rings is 1. The van der Waals surface area contributed by atoms with Crippen molar-refractivity contribution in [2.45, 2.75) is 36.7 Å². The maximum atomic E-state index is 12.7. The SMILES string of the molecule is O=S(=O)(NCCN1CCO[C@H](c2ccccc2)C1)c1ccc2c(c1)CCCC2. The monoisotopic (exact) mass is 400 g/mol. The quantitative estimate of drug-likeness (QED) is 0.810. The molecule has 2 aromatic carbocycles. The lowest BCUT2D eigenvalue weighted by molar-refractivity contribution is -0.0291. The second kappa shape index (κ2) is 8.74. The molecule has 6 heteroatoms. The van der Waals surface area contributed by atoms with E-state index in [9.17, 15) is 8.42 Å². The van der Waals surface area contributed by atoms with Crippen molar-refractivity contribution >= 4 is 10.0 Å². The molecule has 4 rings (SSSR count). The van der Waals surface area contributed by atoms with Gasteiger partial charge in [-0.25, -0.2) is 13.1 Å². The van der Waals surface area contributed by atoms with E-state index < -0.39 is 10.0 Å². The first-order valence-corrected chi connectivity index (χ1v) is 11.6. The summed E-state index contributed by atoms with van der Waals surface area (Å²) in [4.78, 5) is 2.65. The van der Waals surface area contributed by atoms with Gasteiger partial charge in [0.1, 0.15) is 0 Å². The second-order valence-corrected chi connectivity index (χ2v) is 9.37. The van der Waals surface area contributed by atoms with E-state index in [0.717, 1.165) is 32.4 Å². The Morgan fingerprint density at radius 1 is 1.04 bits per heavy atom. The third kappa shape index (κ3) is 4.63. The molecule has 2 aromatic rings. The van der Waals surface area contributed by atoms with Crippen molar-refractivity contribution < 1.29 is 13.2 Å². The minimum Gasteiger partial charge on any atom is -0.371 e. The zero-order valence-electron chi connectivity index (χ0n) is 16.1. The Hall–Kier alpha value is -1.73. The van der Waals surface area contributed by atoms with Gasteiger partial charge in [-0.15, -0.1) is 0 Å². The summed E-state index contributed by atoms with van der Waals surface area (Å²) in [5.41, 5.74) is 3.65. The fraction of sp³-hybridized carbons (Fsp3) is 0.455. The number of ether oxygens (including phenoxy) is 1. The molecule has 5 nitrogen and oxygen atoms in total. The summed E-state index contributed by atoms with van der Waals surface area (Å²) < 4.78 is 34.0. The minimum atomic E-state index is -3.47. The Balaban J connectivity index is 1.33. The van der Waals surface area contributed by atoms with Crippen molar-refractivity contribution in [3.05, 3.63) is 65.2 Å². The number of hydrogen-bond acceptors (Lipinski definition) is 4. The number of rotatable bonds is 6. The molecule has 0 spiro atoms. The summed E-state index contributed by atoms with van der Waals surface area (Å²) in [6.45, 7) is 3.35. The van der Waals surface area contributed by atoms with Crippen LogP contribution in [0.3, 0.4) is 0 Å². The van der Waals surface area contributed by atoms with Crippen molar-refractivity contribution in [1.82, 2.24) is 9.62 Å². The van der Waals surface area contributed by atoms with Gasteiger partial charge in [0.2, 0.25) is 10.0 Å². The number of nitrogens with zero attached hydrogens (tertiary/aromatic N) is 1. The molecule has 0 amide bonds. The van der Waals surface area contributed by atoms with Gasteiger partial charge >= 0.3 is 0 Å². The molecule has 0 aromatic heterocycles. The second-order valence-electron chi connectivity index (χ2n) is 7.61. The molecular weight excluding hydrogens is 372 g/mol. The van der Waals surface area contributed by atoms with Crippen LogP contribution >= 0.6 is 0 Å². The molecule has 1 saturated heterocycles. The van der Waals surface area contributed by atoms with Crippen LogP contribution in [-0.2, 0) is 27.6 Å². The van der Waals surface area contributed by atoms with Crippen LogP contribution in [0.2, 0.25) is 0 Å². The van der Waals surface area contributed by atoms with Crippen LogP contribution in [0.4, 0.5) is 0 Å². The Bertz CT molecular complexity index is 899. The molecule has 1 atom stereocenters. The van der Waals surface area contributed by atoms with Gasteiger partial charge in [0.25, 0.3) is 0 Å². The lowest BCUT2D eigenvalue weighted by Crippen LogP contribution is -2.42. The minimum absolute atomic E-state index is 0.0483. The van der Waals surface area contributed by atoms with E-state index in [1.807, 2.05) is 30.3 Å². The summed E-state index contributed by atoms with van der Waals surface area (Å²) >= 11 is 0. The van der Waals surface area contributed by atoms with Gasteiger partial charge in [0.05, 0.1) is 17.6 Å². The highest BCUT2D eigenvalue weighted by Crippen LogP contribution is 2.24. The average Bonchev–Trinajstić information content (AvgIpc) is 2.74. The zero-order chi connectivity index (χ0) is 19.4. The van der Waals surface area contributed by atoms with Crippen LogP contribution in [0.1, 0.15) is 35.6 Å². The molecule has 0 bridgehead atoms. The van der Waals surface area contributed by atoms with E-state index in [-0.39, 0.29) is 6.10 Å². The van der Waals surface area contributed by atoms with Crippen molar-refractivity contribution in [3.8, 4) is 0 Å². The first-order chi connectivity index (χ1) is 13.6. The Morgan fingerprint density at radius 3 is 2.64 bits per heavy atom. The highest BCUT2D eigenvalue weighted by molar-refractivity contribution is 7.89. The van der Waals surface area contributed by atoms with Gasteiger partial charge in [0.15, 0.2) is 0 Å². The molecule has 2 aliphatic rings. The summed E-state index contributed by atoms with van der Waals surface area (Å²) in [6.07, 6.45) is 4.42. The predicted molar refractivity (Wildman–Crippen MR) is 110 cm³/mol. The molecular formula is C22H28N2O3S. The molecule has 28 heavy (non-hydrogen) atoms. The number of nitrogens with one attached hydrogen (secondary N) is 1. The molecule has 0 radical (unpaired) electrons. The molecule has 1 N–H and O–H groups in total. The number of sulfonamides is 1. The van der Waals surface area contributed by atoms with E-state index in [1.54, 1.807) is 6.07 Å². The topological polar surface area (TPSA) is 58.6 Å². The maximum absolute atomic E-state index is 12.7. The highest BCUT2D eigenvalue weighted by Gasteiger charge is 2.22. The summed E-state index contributed by atoms with van der Waals surface area (Å²) in [7, 11) is -3.47. The van der Waals surface area contributed by atoms with Crippen LogP contribution in [0, 0.1) is 0 Å². The normalized spacial score (nSPS) is 20.6. The van der Waals surface area contributed by atoms with Crippen LogP contribution in [0.5, 0.6) is 0 Å². The van der Waals surface area contributed by atoms with Crippen molar-refractivity contribution in [2.24, 2.45) is 0 Å². The van der Waals surface area contributed by atoms with Crippen LogP contribution in [0.25, 0.3) is 0 Å². The summed E-state index contributed by atoms with van der Waals surface area (Å²) in [5.74, 6) is 0. The Labute approximate surface area is 167 Å². The summed E-state index contributed by atoms with van der Waals surface area (Å²) in [6, 6.07) is 15.8. The van der Waals surface area contributed by atoms with Crippen molar-refractivity contribution in [2.75, 3.05) is 32.8 Å². The van der Waals surface area contributed by atoms with Gasteiger partial charge in [-0.3, -0.25) is 4.90 Å². The number of benzene rings is 2. The molecule has 1 aliphatic heterocycles. The lowest BCUT2D eigenvalue weighted by atomic mass is 9.92. The largest absolute Gasteiger partial charge is 0.371 e. The third-order valence-electron chi connectivity index (χ3n) is 5.67. The number of fused-ring (bicyclic) bond motifs is 1. The van der Waals surface area contributed by atoms with E-state index in [4.69, 9.17) is 4.74 Å². The Kier molecular flexibility index (Phi) is 6.11. The van der Waals surface area contributed by atoms with Gasteiger partial charge < -0.3 is 4.74 Å². The fourth-order valence-corrected chi connectivity index (χ4v) is 5.14. The first-order valence-electron chi connectivity index (χ1n) is 10.1. The maximum Gasteiger partial charge on any atom is 0.240 e. The molecule has 0 saturated carbocycles. The average molecular weight is 401 g/mol. The van der Waals surface area contributed by atoms with Crippen molar-refractivity contribution in [1.29, 1.82) is 0 Å². The zero-order valence-corrected chi connectivity index (χ0v) is 17.0. The van der Waals surface area contributed by atoms with Crippen LogP contribution < -0.4 is 4.72 Å². The standard InChI is InChI=1S/C22H28N2O3S/c25-28(26,21-11-10-18-6-4-5-9-20(18)16-21)23-12-13-24-14-15-27-22(17-24)19-7-2-1-3-8-19/h1-3,7-8,10-11,16,22-23H,4-6,9,12-15,17H2/t22-/m0/s1. The van der Waals surface area contributed by atoms with Crippen molar-refractivity contribution in [3.63, 3.8) is 0 Å². The van der Waals surface area contributed by atoms with E-state index in [0.29, 0.717) is 24.6 Å². The van der Waals surface area contributed by atoms with E-state index in [1.165, 1.54) is 23.1 Å². The van der Waals surface area contributed by atoms with Gasteiger partial charge in [-0.05, 0) is 54.5 Å². The fourth-order valence-electron chi connectivity index (χ4n) is 4.07. The molecule has 1 heterocycles. The number of hydrogen-bond donors (Lipinski definition) is 1. The molecule has 0 unspecified atom stereocenters. The van der Waals surface area contributed by atoms with Crippen LogP contribution in [0.15, 0.2) is 53.4 Å². The van der Waals surface area contributed by atoms with E-state index >= 15 is 0 Å². The third-order valence-corrected chi connectivity index (χ3v) is 7.13. The molecule has 150 valence electrons.